The van der Waals surface area contributed by atoms with E-state index >= 15 is 0 Å². The molecule has 0 radical (unpaired) electrons. The maximum atomic E-state index is 4.73. The van der Waals surface area contributed by atoms with Crippen LogP contribution in [0, 0.1) is 20.8 Å². The number of hydrogen-bond donors (Lipinski definition) is 1. The average Bonchev–Trinajstić information content (AvgIpc) is 2.92. The number of thiazole rings is 1. The van der Waals surface area contributed by atoms with E-state index in [1.807, 2.05) is 12.1 Å². The highest BCUT2D eigenvalue weighted by Gasteiger charge is 2.08. The normalized spacial score (nSPS) is 10.6. The highest BCUT2D eigenvalue weighted by molar-refractivity contribution is 7.14. The molecule has 0 unspecified atom stereocenters. The summed E-state index contributed by atoms with van der Waals surface area (Å²) in [5.41, 5.74) is 7.10. The number of aryl methyl sites for hydroxylation is 3. The molecule has 3 aromatic rings. The van der Waals surface area contributed by atoms with E-state index < -0.39 is 0 Å². The molecular weight excluding hydrogens is 276 g/mol. The Morgan fingerprint density at radius 3 is 2.57 bits per heavy atom. The van der Waals surface area contributed by atoms with Crippen molar-refractivity contribution in [3.05, 3.63) is 64.5 Å². The largest absolute Gasteiger partial charge is 0.331 e. The van der Waals surface area contributed by atoms with Crippen LogP contribution in [0.2, 0.25) is 0 Å². The van der Waals surface area contributed by atoms with Crippen LogP contribution in [0.5, 0.6) is 0 Å². The molecule has 1 N–H and O–H groups in total. The molecular formula is C18H18N2S. The number of para-hydroxylation sites is 1. The Morgan fingerprint density at radius 1 is 0.952 bits per heavy atom. The summed E-state index contributed by atoms with van der Waals surface area (Å²) in [6.45, 7) is 6.34. The lowest BCUT2D eigenvalue weighted by atomic mass is 10.0. The summed E-state index contributed by atoms with van der Waals surface area (Å²) in [6, 6.07) is 14.7. The number of hydrogen-bond acceptors (Lipinski definition) is 3. The molecule has 0 saturated carbocycles. The van der Waals surface area contributed by atoms with Crippen LogP contribution in [0.1, 0.15) is 16.7 Å². The molecule has 0 spiro atoms. The van der Waals surface area contributed by atoms with E-state index in [0.717, 1.165) is 16.5 Å². The van der Waals surface area contributed by atoms with Crippen LogP contribution in [-0.2, 0) is 0 Å². The Labute approximate surface area is 129 Å². The molecule has 3 heteroatoms. The van der Waals surface area contributed by atoms with Crippen molar-refractivity contribution < 1.29 is 0 Å². The minimum Gasteiger partial charge on any atom is -0.331 e. The maximum absolute atomic E-state index is 4.73. The molecule has 106 valence electrons. The molecule has 3 rings (SSSR count). The number of benzene rings is 2. The molecule has 0 fully saturated rings. The van der Waals surface area contributed by atoms with Crippen LogP contribution in [0.4, 0.5) is 10.8 Å². The minimum atomic E-state index is 0.931. The van der Waals surface area contributed by atoms with Crippen molar-refractivity contribution in [2.24, 2.45) is 0 Å². The number of nitrogens with zero attached hydrogens (tertiary/aromatic N) is 1. The molecule has 0 saturated heterocycles. The topological polar surface area (TPSA) is 24.9 Å². The SMILES string of the molecule is Cc1ccc(C)c(-c2csc(Nc3ccccc3C)n2)c1. The Balaban J connectivity index is 1.90. The first-order valence-electron chi connectivity index (χ1n) is 6.99. The van der Waals surface area contributed by atoms with Gasteiger partial charge < -0.3 is 5.32 Å². The van der Waals surface area contributed by atoms with Crippen LogP contribution in [0.15, 0.2) is 47.8 Å². The van der Waals surface area contributed by atoms with Crippen molar-refractivity contribution in [1.82, 2.24) is 4.98 Å². The standard InChI is InChI=1S/C18H18N2S/c1-12-8-9-13(2)15(10-12)17-11-21-18(20-17)19-16-7-5-4-6-14(16)3/h4-11H,1-3H3,(H,19,20). The lowest BCUT2D eigenvalue weighted by Gasteiger charge is -2.06. The van der Waals surface area contributed by atoms with Gasteiger partial charge in [-0.1, -0.05) is 35.9 Å². The van der Waals surface area contributed by atoms with Gasteiger partial charge in [-0.05, 0) is 44.0 Å². The predicted octanol–water partition coefficient (Wildman–Crippen LogP) is 5.48. The Morgan fingerprint density at radius 2 is 1.76 bits per heavy atom. The smallest absolute Gasteiger partial charge is 0.187 e. The second-order valence-electron chi connectivity index (χ2n) is 5.30. The number of rotatable bonds is 3. The summed E-state index contributed by atoms with van der Waals surface area (Å²) < 4.78 is 0. The number of aromatic nitrogens is 1. The van der Waals surface area contributed by atoms with E-state index in [9.17, 15) is 0 Å². The van der Waals surface area contributed by atoms with Crippen LogP contribution < -0.4 is 5.32 Å². The quantitative estimate of drug-likeness (QED) is 0.692. The lowest BCUT2D eigenvalue weighted by Crippen LogP contribution is -1.92. The van der Waals surface area contributed by atoms with Crippen LogP contribution in [0.25, 0.3) is 11.3 Å². The molecule has 0 aliphatic carbocycles. The van der Waals surface area contributed by atoms with Gasteiger partial charge in [0, 0.05) is 16.6 Å². The van der Waals surface area contributed by atoms with Gasteiger partial charge >= 0.3 is 0 Å². The number of nitrogens with one attached hydrogen (secondary N) is 1. The van der Waals surface area contributed by atoms with Gasteiger partial charge in [0.15, 0.2) is 5.13 Å². The second kappa shape index (κ2) is 5.70. The van der Waals surface area contributed by atoms with Crippen LogP contribution >= 0.6 is 11.3 Å². The van der Waals surface area contributed by atoms with Crippen molar-refractivity contribution >= 4 is 22.2 Å². The lowest BCUT2D eigenvalue weighted by molar-refractivity contribution is 1.33. The van der Waals surface area contributed by atoms with Crippen molar-refractivity contribution in [3.8, 4) is 11.3 Å². The highest BCUT2D eigenvalue weighted by Crippen LogP contribution is 2.30. The maximum Gasteiger partial charge on any atom is 0.187 e. The first-order chi connectivity index (χ1) is 10.1. The van der Waals surface area contributed by atoms with Crippen molar-refractivity contribution in [2.75, 3.05) is 5.32 Å². The first kappa shape index (κ1) is 13.8. The van der Waals surface area contributed by atoms with Crippen molar-refractivity contribution in [2.45, 2.75) is 20.8 Å². The molecule has 1 aromatic heterocycles. The Bertz CT molecular complexity index is 774. The van der Waals surface area contributed by atoms with Gasteiger partial charge in [0.2, 0.25) is 0 Å². The van der Waals surface area contributed by atoms with Gasteiger partial charge in [-0.3, -0.25) is 0 Å². The molecule has 0 bridgehead atoms. The molecule has 21 heavy (non-hydrogen) atoms. The zero-order chi connectivity index (χ0) is 14.8. The fourth-order valence-corrected chi connectivity index (χ4v) is 3.02. The average molecular weight is 294 g/mol. The third kappa shape index (κ3) is 2.98. The number of anilines is 2. The van der Waals surface area contributed by atoms with Gasteiger partial charge in [-0.25, -0.2) is 4.98 Å². The molecule has 0 atom stereocenters. The summed E-state index contributed by atoms with van der Waals surface area (Å²) in [5, 5.41) is 6.45. The second-order valence-corrected chi connectivity index (χ2v) is 6.15. The van der Waals surface area contributed by atoms with Gasteiger partial charge in [0.1, 0.15) is 0 Å². The van der Waals surface area contributed by atoms with E-state index in [0.29, 0.717) is 0 Å². The Hall–Kier alpha value is -2.13. The molecule has 0 aliphatic heterocycles. The minimum absolute atomic E-state index is 0.931. The molecule has 2 nitrogen and oxygen atoms in total. The summed E-state index contributed by atoms with van der Waals surface area (Å²) in [7, 11) is 0. The van der Waals surface area contributed by atoms with Gasteiger partial charge in [-0.15, -0.1) is 11.3 Å². The fourth-order valence-electron chi connectivity index (χ4n) is 2.30. The molecule has 0 amide bonds. The summed E-state index contributed by atoms with van der Waals surface area (Å²) >= 11 is 1.64. The summed E-state index contributed by atoms with van der Waals surface area (Å²) in [6.07, 6.45) is 0. The molecule has 1 heterocycles. The summed E-state index contributed by atoms with van der Waals surface area (Å²) in [4.78, 5) is 4.73. The van der Waals surface area contributed by atoms with Gasteiger partial charge in [-0.2, -0.15) is 0 Å². The van der Waals surface area contributed by atoms with Gasteiger partial charge in [0.25, 0.3) is 0 Å². The zero-order valence-corrected chi connectivity index (χ0v) is 13.3. The first-order valence-corrected chi connectivity index (χ1v) is 7.87. The highest BCUT2D eigenvalue weighted by atomic mass is 32.1. The van der Waals surface area contributed by atoms with E-state index in [4.69, 9.17) is 4.98 Å². The third-order valence-corrected chi connectivity index (χ3v) is 4.32. The fraction of sp³-hybridized carbons (Fsp3) is 0.167. The Kier molecular flexibility index (Phi) is 3.76. The van der Waals surface area contributed by atoms with E-state index in [-0.39, 0.29) is 0 Å². The van der Waals surface area contributed by atoms with Crippen LogP contribution in [-0.4, -0.2) is 4.98 Å². The van der Waals surface area contributed by atoms with E-state index in [1.54, 1.807) is 11.3 Å². The monoisotopic (exact) mass is 294 g/mol. The molecule has 2 aromatic carbocycles. The van der Waals surface area contributed by atoms with Crippen molar-refractivity contribution in [3.63, 3.8) is 0 Å². The van der Waals surface area contributed by atoms with Crippen molar-refractivity contribution in [1.29, 1.82) is 0 Å². The van der Waals surface area contributed by atoms with E-state index in [2.05, 4.69) is 61.8 Å². The summed E-state index contributed by atoms with van der Waals surface area (Å²) in [5.74, 6) is 0. The molecule has 0 aliphatic rings. The van der Waals surface area contributed by atoms with Crippen LogP contribution in [0.3, 0.4) is 0 Å². The zero-order valence-electron chi connectivity index (χ0n) is 12.5. The van der Waals surface area contributed by atoms with Gasteiger partial charge in [0.05, 0.1) is 5.69 Å². The predicted molar refractivity (Wildman–Crippen MR) is 91.5 cm³/mol. The van der Waals surface area contributed by atoms with E-state index in [1.165, 1.54) is 22.3 Å². The third-order valence-electron chi connectivity index (χ3n) is 3.56.